The Labute approximate surface area is 98.0 Å². The number of hydrogen-bond donors (Lipinski definition) is 1. The highest BCUT2D eigenvalue weighted by Crippen LogP contribution is 2.25. The van der Waals surface area contributed by atoms with Crippen molar-refractivity contribution in [3.63, 3.8) is 0 Å². The van der Waals surface area contributed by atoms with E-state index in [9.17, 15) is 17.2 Å². The molecule has 17 heavy (non-hydrogen) atoms. The fourth-order valence-electron chi connectivity index (χ4n) is 1.33. The van der Waals surface area contributed by atoms with E-state index in [2.05, 4.69) is 9.32 Å². The number of nitrogens with zero attached hydrogens (tertiary/aromatic N) is 1. The van der Waals surface area contributed by atoms with Gasteiger partial charge in [-0.2, -0.15) is 8.42 Å². The van der Waals surface area contributed by atoms with E-state index < -0.39 is 28.5 Å². The molecule has 5 nitrogen and oxygen atoms in total. The molecule has 0 bridgehead atoms. The Bertz CT molecular complexity index is 517. The molecule has 0 heterocycles. The van der Waals surface area contributed by atoms with Gasteiger partial charge in [-0.25, -0.2) is 13.9 Å². The summed E-state index contributed by atoms with van der Waals surface area (Å²) < 4.78 is 52.0. The van der Waals surface area contributed by atoms with Crippen molar-refractivity contribution in [2.75, 3.05) is 19.0 Å². The minimum Gasteiger partial charge on any atom is -0.375 e. The predicted octanol–water partition coefficient (Wildman–Crippen LogP) is 0.751. The molecule has 1 aromatic rings. The predicted molar refractivity (Wildman–Crippen MR) is 58.6 cm³/mol. The molecule has 0 aliphatic heterocycles. The third-order valence-corrected chi connectivity index (χ3v) is 2.42. The van der Waals surface area contributed by atoms with E-state index in [4.69, 9.17) is 0 Å². The Balaban J connectivity index is 3.12. The lowest BCUT2D eigenvalue weighted by atomic mass is 10.1. The number of halogens is 2. The summed E-state index contributed by atoms with van der Waals surface area (Å²) in [5, 5.41) is 4.65. The lowest BCUT2D eigenvalue weighted by Crippen LogP contribution is -2.18. The molecule has 0 saturated carbocycles. The minimum atomic E-state index is -4.12. The van der Waals surface area contributed by atoms with Gasteiger partial charge in [0.25, 0.3) is 0 Å². The second-order valence-corrected chi connectivity index (χ2v) is 4.74. The number of benzene rings is 1. The lowest BCUT2D eigenvalue weighted by molar-refractivity contribution is 0.308. The van der Waals surface area contributed by atoms with Crippen molar-refractivity contribution in [2.45, 2.75) is 6.61 Å². The molecule has 0 spiro atoms. The van der Waals surface area contributed by atoms with Crippen LogP contribution in [0.25, 0.3) is 0 Å². The van der Waals surface area contributed by atoms with Crippen molar-refractivity contribution < 1.29 is 21.4 Å². The second kappa shape index (κ2) is 4.94. The SMILES string of the molecule is CN(C)c1c(COS(N)(=O)=O)ccc(F)c1F. The van der Waals surface area contributed by atoms with Gasteiger partial charge in [0, 0.05) is 19.7 Å². The molecule has 2 N–H and O–H groups in total. The van der Waals surface area contributed by atoms with Crippen LogP contribution in [0.2, 0.25) is 0 Å². The van der Waals surface area contributed by atoms with Crippen LogP contribution in [0.4, 0.5) is 14.5 Å². The molecule has 0 fully saturated rings. The first-order valence-corrected chi connectivity index (χ1v) is 6.01. The third kappa shape index (κ3) is 3.62. The van der Waals surface area contributed by atoms with Crippen molar-refractivity contribution in [2.24, 2.45) is 5.14 Å². The van der Waals surface area contributed by atoms with Gasteiger partial charge in [-0.1, -0.05) is 6.07 Å². The van der Waals surface area contributed by atoms with E-state index >= 15 is 0 Å². The third-order valence-electron chi connectivity index (χ3n) is 1.98. The van der Waals surface area contributed by atoms with Gasteiger partial charge in [0.15, 0.2) is 11.6 Å². The number of anilines is 1. The van der Waals surface area contributed by atoms with Gasteiger partial charge in [-0.05, 0) is 6.07 Å². The highest BCUT2D eigenvalue weighted by Gasteiger charge is 2.16. The Morgan fingerprint density at radius 3 is 2.41 bits per heavy atom. The molecule has 0 radical (unpaired) electrons. The van der Waals surface area contributed by atoms with Gasteiger partial charge in [-0.15, -0.1) is 0 Å². The highest BCUT2D eigenvalue weighted by atomic mass is 32.2. The maximum absolute atomic E-state index is 13.5. The standard InChI is InChI=1S/C9H12F2N2O3S/c1-13(2)9-6(5-16-17(12,14)15)3-4-7(10)8(9)11/h3-4H,5H2,1-2H3,(H2,12,14,15). The van der Waals surface area contributed by atoms with Gasteiger partial charge >= 0.3 is 10.3 Å². The molecule has 8 heteroatoms. The molecule has 1 aromatic carbocycles. The summed E-state index contributed by atoms with van der Waals surface area (Å²) in [5.74, 6) is -2.08. The van der Waals surface area contributed by atoms with Crippen molar-refractivity contribution in [3.05, 3.63) is 29.3 Å². The quantitative estimate of drug-likeness (QED) is 0.873. The van der Waals surface area contributed by atoms with E-state index in [1.54, 1.807) is 0 Å². The first-order chi connectivity index (χ1) is 7.72. The van der Waals surface area contributed by atoms with E-state index in [0.29, 0.717) is 0 Å². The van der Waals surface area contributed by atoms with Crippen LogP contribution in [0.1, 0.15) is 5.56 Å². The van der Waals surface area contributed by atoms with Crippen molar-refractivity contribution >= 4 is 16.0 Å². The zero-order valence-corrected chi connectivity index (χ0v) is 10.1. The van der Waals surface area contributed by atoms with Crippen LogP contribution in [-0.4, -0.2) is 22.5 Å². The number of nitrogens with two attached hydrogens (primary N) is 1. The Hall–Kier alpha value is -1.25. The minimum absolute atomic E-state index is 0.0753. The average Bonchev–Trinajstić information content (AvgIpc) is 2.18. The molecular weight excluding hydrogens is 254 g/mol. The van der Waals surface area contributed by atoms with Crippen LogP contribution in [0.15, 0.2) is 12.1 Å². The van der Waals surface area contributed by atoms with Gasteiger partial charge < -0.3 is 4.90 Å². The second-order valence-electron chi connectivity index (χ2n) is 3.52. The molecule has 0 unspecified atom stereocenters. The van der Waals surface area contributed by atoms with Gasteiger partial charge in [0.1, 0.15) is 0 Å². The molecular formula is C9H12F2N2O3S. The zero-order valence-electron chi connectivity index (χ0n) is 9.28. The molecule has 0 amide bonds. The first kappa shape index (κ1) is 13.8. The molecule has 0 saturated heterocycles. The topological polar surface area (TPSA) is 72.6 Å². The molecule has 1 rings (SSSR count). The summed E-state index contributed by atoms with van der Waals surface area (Å²) in [6.45, 7) is -0.455. The van der Waals surface area contributed by atoms with Crippen molar-refractivity contribution in [1.29, 1.82) is 0 Å². The van der Waals surface area contributed by atoms with Crippen LogP contribution < -0.4 is 10.0 Å². The van der Waals surface area contributed by atoms with Crippen LogP contribution in [-0.2, 0) is 21.1 Å². The summed E-state index contributed by atoms with van der Waals surface area (Å²) in [7, 11) is -1.13. The molecule has 0 aliphatic rings. The van der Waals surface area contributed by atoms with E-state index in [0.717, 1.165) is 6.07 Å². The molecule has 96 valence electrons. The molecule has 0 aliphatic carbocycles. The smallest absolute Gasteiger partial charge is 0.333 e. The Morgan fingerprint density at radius 1 is 1.35 bits per heavy atom. The molecule has 0 aromatic heterocycles. The summed E-state index contributed by atoms with van der Waals surface area (Å²) >= 11 is 0. The summed E-state index contributed by atoms with van der Waals surface area (Å²) in [4.78, 5) is 1.32. The Kier molecular flexibility index (Phi) is 4.02. The number of hydrogen-bond acceptors (Lipinski definition) is 4. The largest absolute Gasteiger partial charge is 0.375 e. The van der Waals surface area contributed by atoms with Gasteiger partial charge in [-0.3, -0.25) is 4.18 Å². The molecule has 0 atom stereocenters. The van der Waals surface area contributed by atoms with E-state index in [-0.39, 0.29) is 11.3 Å². The summed E-state index contributed by atoms with van der Waals surface area (Å²) in [6, 6.07) is 2.13. The maximum Gasteiger partial charge on any atom is 0.333 e. The Morgan fingerprint density at radius 2 is 1.94 bits per heavy atom. The van der Waals surface area contributed by atoms with E-state index in [1.807, 2.05) is 0 Å². The van der Waals surface area contributed by atoms with Crippen LogP contribution in [0, 0.1) is 11.6 Å². The number of rotatable bonds is 4. The van der Waals surface area contributed by atoms with Gasteiger partial charge in [0.2, 0.25) is 0 Å². The monoisotopic (exact) mass is 266 g/mol. The fraction of sp³-hybridized carbons (Fsp3) is 0.333. The van der Waals surface area contributed by atoms with Crippen molar-refractivity contribution in [1.82, 2.24) is 0 Å². The highest BCUT2D eigenvalue weighted by molar-refractivity contribution is 7.84. The van der Waals surface area contributed by atoms with Crippen LogP contribution >= 0.6 is 0 Å². The van der Waals surface area contributed by atoms with E-state index in [1.165, 1.54) is 25.1 Å². The normalized spacial score (nSPS) is 11.6. The van der Waals surface area contributed by atoms with Crippen LogP contribution in [0.5, 0.6) is 0 Å². The van der Waals surface area contributed by atoms with Gasteiger partial charge in [0.05, 0.1) is 12.3 Å². The first-order valence-electron chi connectivity index (χ1n) is 4.53. The summed E-state index contributed by atoms with van der Waals surface area (Å²) in [6.07, 6.45) is 0. The van der Waals surface area contributed by atoms with Crippen LogP contribution in [0.3, 0.4) is 0 Å². The zero-order chi connectivity index (χ0) is 13.2. The lowest BCUT2D eigenvalue weighted by Gasteiger charge is -2.18. The maximum atomic E-state index is 13.5. The van der Waals surface area contributed by atoms with Crippen molar-refractivity contribution in [3.8, 4) is 0 Å². The summed E-state index contributed by atoms with van der Waals surface area (Å²) in [5.41, 5.74) is 0.108. The fourth-order valence-corrected chi connectivity index (χ4v) is 1.62. The average molecular weight is 266 g/mol.